The van der Waals surface area contributed by atoms with Gasteiger partial charge in [-0.25, -0.2) is 4.79 Å². The normalized spacial score (nSPS) is 10.7. The maximum Gasteiger partial charge on any atom is 0.343 e. The van der Waals surface area contributed by atoms with Gasteiger partial charge in [-0.3, -0.25) is 5.10 Å². The summed E-state index contributed by atoms with van der Waals surface area (Å²) in [5.41, 5.74) is 4.21. The van der Waals surface area contributed by atoms with Crippen molar-refractivity contribution in [3.63, 3.8) is 0 Å². The van der Waals surface area contributed by atoms with E-state index < -0.39 is 5.97 Å². The third-order valence-electron chi connectivity index (χ3n) is 5.52. The van der Waals surface area contributed by atoms with Crippen LogP contribution in [0.1, 0.15) is 21.6 Å². The molecule has 0 fully saturated rings. The minimum absolute atomic E-state index is 0.0115. The van der Waals surface area contributed by atoms with Crippen molar-refractivity contribution in [1.29, 1.82) is 0 Å². The lowest BCUT2D eigenvalue weighted by atomic mass is 10.0. The summed E-state index contributed by atoms with van der Waals surface area (Å²) < 4.78 is 37.0. The molecule has 4 rings (SSSR count). The van der Waals surface area contributed by atoms with E-state index in [4.69, 9.17) is 32.8 Å². The highest BCUT2D eigenvalue weighted by atomic mass is 16.7. The Hall–Kier alpha value is -4.48. The number of benzene rings is 2. The number of anilines is 2. The van der Waals surface area contributed by atoms with Gasteiger partial charge in [0, 0.05) is 50.0 Å². The van der Waals surface area contributed by atoms with Crippen LogP contribution in [0.5, 0.6) is 17.2 Å². The van der Waals surface area contributed by atoms with Gasteiger partial charge in [-0.1, -0.05) is 6.07 Å². The molecule has 2 N–H and O–H groups in total. The molecule has 4 aromatic rings. The molecule has 0 aliphatic carbocycles. The van der Waals surface area contributed by atoms with Crippen molar-refractivity contribution in [2.75, 3.05) is 47.3 Å². The second-order valence-corrected chi connectivity index (χ2v) is 8.06. The smallest absolute Gasteiger partial charge is 0.343 e. The summed E-state index contributed by atoms with van der Waals surface area (Å²) in [6, 6.07) is 12.9. The summed E-state index contributed by atoms with van der Waals surface area (Å²) in [7, 11) is 5.92. The fraction of sp³-hybridized carbons (Fsp3) is 0.259. The first kappa shape index (κ1) is 26.6. The van der Waals surface area contributed by atoms with Gasteiger partial charge < -0.3 is 38.2 Å². The summed E-state index contributed by atoms with van der Waals surface area (Å²) in [4.78, 5) is 12.7. The van der Waals surface area contributed by atoms with E-state index in [2.05, 4.69) is 15.5 Å². The summed E-state index contributed by atoms with van der Waals surface area (Å²) >= 11 is 0. The highest BCUT2D eigenvalue weighted by Crippen LogP contribution is 2.36. The third kappa shape index (κ3) is 6.25. The van der Waals surface area contributed by atoms with Crippen LogP contribution in [0.3, 0.4) is 0 Å². The maximum atomic E-state index is 12.7. The molecule has 0 aliphatic heterocycles. The molecule has 0 bridgehead atoms. The summed E-state index contributed by atoms with van der Waals surface area (Å²) in [6.07, 6.45) is 3.85. The van der Waals surface area contributed by atoms with Crippen LogP contribution < -0.4 is 19.5 Å². The molecular weight excluding hydrogens is 494 g/mol. The molecule has 0 amide bonds. The number of methoxy groups -OCH3 is 4. The molecule has 11 nitrogen and oxygen atoms in total. The average Bonchev–Trinajstić information content (AvgIpc) is 3.63. The Bertz CT molecular complexity index is 1350. The molecule has 0 radical (unpaired) electrons. The zero-order valence-electron chi connectivity index (χ0n) is 21.5. The van der Waals surface area contributed by atoms with E-state index in [-0.39, 0.29) is 24.9 Å². The number of ether oxygens (including phenoxy) is 6. The number of nitrogens with one attached hydrogen (secondary N) is 2. The van der Waals surface area contributed by atoms with Crippen molar-refractivity contribution >= 4 is 17.5 Å². The van der Waals surface area contributed by atoms with Crippen LogP contribution >= 0.6 is 0 Å². The second-order valence-electron chi connectivity index (χ2n) is 8.06. The fourth-order valence-electron chi connectivity index (χ4n) is 3.83. The van der Waals surface area contributed by atoms with Crippen LogP contribution in [0, 0.1) is 0 Å². The van der Waals surface area contributed by atoms with Gasteiger partial charge in [-0.2, -0.15) is 5.10 Å². The summed E-state index contributed by atoms with van der Waals surface area (Å²) in [6.45, 7) is -0.0638. The highest BCUT2D eigenvalue weighted by molar-refractivity contribution is 6.00. The Balaban J connectivity index is 1.60. The van der Waals surface area contributed by atoms with E-state index >= 15 is 0 Å². The van der Waals surface area contributed by atoms with Gasteiger partial charge in [0.05, 0.1) is 38.1 Å². The summed E-state index contributed by atoms with van der Waals surface area (Å²) in [5, 5.41) is 10.6. The van der Waals surface area contributed by atoms with Gasteiger partial charge in [-0.05, 0) is 23.8 Å². The number of aromatic amines is 1. The van der Waals surface area contributed by atoms with Crippen LogP contribution in [0.2, 0.25) is 0 Å². The van der Waals surface area contributed by atoms with E-state index in [9.17, 15) is 4.79 Å². The molecule has 0 unspecified atom stereocenters. The maximum absolute atomic E-state index is 12.7. The van der Waals surface area contributed by atoms with Gasteiger partial charge in [0.15, 0.2) is 13.6 Å². The van der Waals surface area contributed by atoms with Gasteiger partial charge in [0.2, 0.25) is 0 Å². The van der Waals surface area contributed by atoms with Crippen LogP contribution in [0.15, 0.2) is 59.4 Å². The van der Waals surface area contributed by atoms with Crippen molar-refractivity contribution in [3.8, 4) is 28.4 Å². The lowest BCUT2D eigenvalue weighted by Gasteiger charge is -2.17. The van der Waals surface area contributed by atoms with Gasteiger partial charge >= 0.3 is 5.97 Å². The molecule has 2 heterocycles. The Morgan fingerprint density at radius 1 is 0.974 bits per heavy atom. The molecule has 0 spiro atoms. The highest BCUT2D eigenvalue weighted by Gasteiger charge is 2.22. The molecule has 0 saturated carbocycles. The Labute approximate surface area is 219 Å². The number of hydrogen-bond acceptors (Lipinski definition) is 10. The van der Waals surface area contributed by atoms with Gasteiger partial charge in [0.1, 0.15) is 28.6 Å². The Morgan fingerprint density at radius 3 is 2.50 bits per heavy atom. The molecule has 2 aromatic carbocycles. The fourth-order valence-corrected chi connectivity index (χ4v) is 3.83. The van der Waals surface area contributed by atoms with Gasteiger partial charge in [0.25, 0.3) is 0 Å². The lowest BCUT2D eigenvalue weighted by molar-refractivity contribution is 0.0436. The van der Waals surface area contributed by atoms with E-state index in [0.717, 1.165) is 28.1 Å². The van der Waals surface area contributed by atoms with E-state index in [1.54, 1.807) is 31.8 Å². The average molecular weight is 524 g/mol. The number of carbonyl (C=O) groups is 1. The number of hydrogen-bond donors (Lipinski definition) is 2. The van der Waals surface area contributed by atoms with E-state index in [1.165, 1.54) is 21.3 Å². The quantitative estimate of drug-likeness (QED) is 0.187. The van der Waals surface area contributed by atoms with Crippen molar-refractivity contribution < 1.29 is 37.6 Å². The number of aromatic nitrogens is 2. The number of nitrogens with zero attached hydrogens (tertiary/aromatic N) is 1. The number of carbonyl (C=O) groups excluding carboxylic acids is 1. The summed E-state index contributed by atoms with van der Waals surface area (Å²) in [5.74, 6) is 1.34. The molecule has 200 valence electrons. The SMILES string of the molecule is COCOc1cc(Nc2cc(Cc3ccc(OC)c(-c4ccoc4)c3)n[nH]2)c(C(=O)OC)c(OCOC)c1. The molecule has 0 aliphatic rings. The van der Waals surface area contributed by atoms with Crippen LogP contribution in [0.25, 0.3) is 11.1 Å². The van der Waals surface area contributed by atoms with Crippen LogP contribution in [0.4, 0.5) is 11.5 Å². The molecule has 38 heavy (non-hydrogen) atoms. The van der Waals surface area contributed by atoms with Crippen LogP contribution in [-0.4, -0.2) is 58.2 Å². The topological polar surface area (TPSA) is 126 Å². The lowest BCUT2D eigenvalue weighted by Crippen LogP contribution is -2.11. The minimum Gasteiger partial charge on any atom is -0.496 e. The monoisotopic (exact) mass is 523 g/mol. The van der Waals surface area contributed by atoms with E-state index in [1.807, 2.05) is 30.3 Å². The number of H-pyrrole nitrogens is 1. The largest absolute Gasteiger partial charge is 0.496 e. The van der Waals surface area contributed by atoms with Crippen molar-refractivity contribution in [2.24, 2.45) is 0 Å². The molecule has 0 atom stereocenters. The molecule has 2 aromatic heterocycles. The minimum atomic E-state index is -0.596. The number of furan rings is 1. The Morgan fingerprint density at radius 2 is 1.79 bits per heavy atom. The first-order valence-corrected chi connectivity index (χ1v) is 11.6. The molecule has 0 saturated heterocycles. The first-order chi connectivity index (χ1) is 18.6. The zero-order chi connectivity index (χ0) is 26.9. The van der Waals surface area contributed by atoms with Crippen molar-refractivity contribution in [3.05, 3.63) is 71.8 Å². The zero-order valence-corrected chi connectivity index (χ0v) is 21.5. The van der Waals surface area contributed by atoms with Crippen molar-refractivity contribution in [1.82, 2.24) is 10.2 Å². The predicted molar refractivity (Wildman–Crippen MR) is 138 cm³/mol. The predicted octanol–water partition coefficient (Wildman–Crippen LogP) is 4.76. The van der Waals surface area contributed by atoms with Crippen LogP contribution in [-0.2, 0) is 20.6 Å². The number of rotatable bonds is 13. The molecular formula is C27H29N3O8. The van der Waals surface area contributed by atoms with E-state index in [0.29, 0.717) is 23.7 Å². The molecule has 11 heteroatoms. The number of esters is 1. The Kier molecular flexibility index (Phi) is 8.85. The van der Waals surface area contributed by atoms with Gasteiger partial charge in [-0.15, -0.1) is 0 Å². The second kappa shape index (κ2) is 12.7. The van der Waals surface area contributed by atoms with Crippen molar-refractivity contribution in [2.45, 2.75) is 6.42 Å². The standard InChI is InChI=1S/C27H29N3O8/c1-32-15-37-20-12-22(26(27(31)35-4)24(13-20)38-16-33-2)28-25-11-19(29-30-25)9-17-5-6-23(34-3)21(10-17)18-7-8-36-14-18/h5-8,10-14H,9,15-16H2,1-4H3,(H2,28,29,30). The first-order valence-electron chi connectivity index (χ1n) is 11.6. The third-order valence-corrected chi connectivity index (χ3v) is 5.52.